The quantitative estimate of drug-likeness (QED) is 0.775. The molecule has 0 amide bonds. The summed E-state index contributed by atoms with van der Waals surface area (Å²) in [6.07, 6.45) is 3.38. The van der Waals surface area contributed by atoms with Crippen molar-refractivity contribution in [2.75, 3.05) is 20.1 Å². The lowest BCUT2D eigenvalue weighted by atomic mass is 9.89. The van der Waals surface area contributed by atoms with E-state index in [1.807, 2.05) is 45.2 Å². The third kappa shape index (κ3) is 5.41. The molecule has 0 N–H and O–H groups in total. The van der Waals surface area contributed by atoms with Crippen LogP contribution in [0.1, 0.15) is 32.9 Å². The molecule has 1 aromatic heterocycles. The van der Waals surface area contributed by atoms with Gasteiger partial charge in [0.25, 0.3) is 0 Å². The van der Waals surface area contributed by atoms with Gasteiger partial charge in [-0.25, -0.2) is 0 Å². The van der Waals surface area contributed by atoms with Crippen molar-refractivity contribution in [1.82, 2.24) is 9.88 Å². The van der Waals surface area contributed by atoms with E-state index in [4.69, 9.17) is 0 Å². The number of hydrogen-bond donors (Lipinski definition) is 0. The minimum Gasteiger partial charge on any atom is -0.306 e. The second-order valence-corrected chi connectivity index (χ2v) is 5.80. The molecule has 0 radical (unpaired) electrons. The predicted molar refractivity (Wildman–Crippen MR) is 74.5 cm³/mol. The molecule has 1 aromatic rings. The average molecular weight is 248 g/mol. The lowest BCUT2D eigenvalue weighted by molar-refractivity contribution is -0.126. The van der Waals surface area contributed by atoms with Crippen molar-refractivity contribution >= 4 is 5.78 Å². The number of nitrogens with zero attached hydrogens (tertiary/aromatic N) is 2. The average Bonchev–Trinajstić information content (AvgIpc) is 2.33. The normalized spacial score (nSPS) is 11.8. The second kappa shape index (κ2) is 6.64. The molecule has 0 unspecified atom stereocenters. The van der Waals surface area contributed by atoms with E-state index in [-0.39, 0.29) is 5.41 Å². The Morgan fingerprint density at radius 1 is 1.28 bits per heavy atom. The van der Waals surface area contributed by atoms with Crippen LogP contribution >= 0.6 is 0 Å². The van der Waals surface area contributed by atoms with Gasteiger partial charge in [-0.1, -0.05) is 26.8 Å². The third-order valence-electron chi connectivity index (χ3n) is 3.03. The first kappa shape index (κ1) is 14.8. The van der Waals surface area contributed by atoms with E-state index in [1.54, 1.807) is 0 Å². The SMILES string of the molecule is CN(CCC(=O)C(C)(C)C)CCc1ccccn1. The van der Waals surface area contributed by atoms with Gasteiger partial charge in [0.05, 0.1) is 0 Å². The highest BCUT2D eigenvalue weighted by molar-refractivity contribution is 5.83. The van der Waals surface area contributed by atoms with Crippen molar-refractivity contribution in [3.05, 3.63) is 30.1 Å². The van der Waals surface area contributed by atoms with E-state index in [1.165, 1.54) is 0 Å². The number of carbonyl (C=O) groups is 1. The summed E-state index contributed by atoms with van der Waals surface area (Å²) in [5.74, 6) is 0.326. The van der Waals surface area contributed by atoms with Crippen molar-refractivity contribution in [2.24, 2.45) is 5.41 Å². The van der Waals surface area contributed by atoms with Crippen molar-refractivity contribution in [3.8, 4) is 0 Å². The molecule has 0 saturated carbocycles. The summed E-state index contributed by atoms with van der Waals surface area (Å²) in [6.45, 7) is 7.69. The van der Waals surface area contributed by atoms with Crippen LogP contribution in [0.2, 0.25) is 0 Å². The summed E-state index contributed by atoms with van der Waals surface area (Å²) in [6, 6.07) is 5.97. The zero-order valence-electron chi connectivity index (χ0n) is 11.9. The lowest BCUT2D eigenvalue weighted by Crippen LogP contribution is -2.28. The Morgan fingerprint density at radius 2 is 2.00 bits per heavy atom. The number of Topliss-reactive ketones (excluding diaryl/α,β-unsaturated/α-hetero) is 1. The molecule has 0 bridgehead atoms. The Kier molecular flexibility index (Phi) is 5.48. The van der Waals surface area contributed by atoms with Gasteiger partial charge in [-0.15, -0.1) is 0 Å². The van der Waals surface area contributed by atoms with Gasteiger partial charge in [-0.3, -0.25) is 9.78 Å². The standard InChI is InChI=1S/C15H24N2O/c1-15(2,3)14(18)9-12-17(4)11-8-13-7-5-6-10-16-13/h5-7,10H,8-9,11-12H2,1-4H3. The van der Waals surface area contributed by atoms with Crippen LogP contribution < -0.4 is 0 Å². The van der Waals surface area contributed by atoms with E-state index >= 15 is 0 Å². The molecule has 0 aliphatic carbocycles. The van der Waals surface area contributed by atoms with Gasteiger partial charge in [-0.2, -0.15) is 0 Å². The first-order valence-corrected chi connectivity index (χ1v) is 6.51. The summed E-state index contributed by atoms with van der Waals surface area (Å²) in [5, 5.41) is 0. The molecule has 0 atom stereocenters. The van der Waals surface area contributed by atoms with Crippen LogP contribution in [-0.2, 0) is 11.2 Å². The number of rotatable bonds is 6. The van der Waals surface area contributed by atoms with Crippen LogP contribution in [0.15, 0.2) is 24.4 Å². The molecular formula is C15H24N2O. The van der Waals surface area contributed by atoms with E-state index < -0.39 is 0 Å². The van der Waals surface area contributed by atoms with Gasteiger partial charge < -0.3 is 4.90 Å². The van der Waals surface area contributed by atoms with Crippen molar-refractivity contribution in [1.29, 1.82) is 0 Å². The minimum absolute atomic E-state index is 0.220. The zero-order chi connectivity index (χ0) is 13.6. The number of likely N-dealkylation sites (N-methyl/N-ethyl adjacent to an activating group) is 1. The molecule has 3 heteroatoms. The number of ketones is 1. The van der Waals surface area contributed by atoms with Gasteiger partial charge in [-0.05, 0) is 19.2 Å². The van der Waals surface area contributed by atoms with E-state index in [0.717, 1.165) is 25.2 Å². The zero-order valence-corrected chi connectivity index (χ0v) is 11.9. The molecule has 0 spiro atoms. The molecule has 1 rings (SSSR count). The summed E-state index contributed by atoms with van der Waals surface area (Å²) in [5.41, 5.74) is 0.883. The summed E-state index contributed by atoms with van der Waals surface area (Å²) in [4.78, 5) is 18.3. The topological polar surface area (TPSA) is 33.2 Å². The highest BCUT2D eigenvalue weighted by Gasteiger charge is 2.20. The number of hydrogen-bond acceptors (Lipinski definition) is 3. The van der Waals surface area contributed by atoms with Gasteiger partial charge in [0.15, 0.2) is 0 Å². The second-order valence-electron chi connectivity index (χ2n) is 5.80. The highest BCUT2D eigenvalue weighted by atomic mass is 16.1. The van der Waals surface area contributed by atoms with Crippen LogP contribution in [0.5, 0.6) is 0 Å². The molecule has 18 heavy (non-hydrogen) atoms. The van der Waals surface area contributed by atoms with Crippen LogP contribution in [0, 0.1) is 5.41 Å². The molecule has 0 aromatic carbocycles. The summed E-state index contributed by atoms with van der Waals surface area (Å²) < 4.78 is 0. The molecule has 0 aliphatic rings. The first-order valence-electron chi connectivity index (χ1n) is 6.51. The van der Waals surface area contributed by atoms with Gasteiger partial charge in [0, 0.05) is 43.2 Å². The first-order chi connectivity index (χ1) is 8.39. The number of pyridine rings is 1. The fourth-order valence-corrected chi connectivity index (χ4v) is 1.63. The monoisotopic (exact) mass is 248 g/mol. The maximum absolute atomic E-state index is 11.8. The maximum Gasteiger partial charge on any atom is 0.139 e. The largest absolute Gasteiger partial charge is 0.306 e. The van der Waals surface area contributed by atoms with Crippen LogP contribution in [0.25, 0.3) is 0 Å². The third-order valence-corrected chi connectivity index (χ3v) is 3.03. The van der Waals surface area contributed by atoms with Crippen LogP contribution in [-0.4, -0.2) is 35.8 Å². The van der Waals surface area contributed by atoms with Crippen molar-refractivity contribution in [3.63, 3.8) is 0 Å². The Morgan fingerprint density at radius 3 is 2.56 bits per heavy atom. The van der Waals surface area contributed by atoms with Crippen molar-refractivity contribution in [2.45, 2.75) is 33.6 Å². The molecule has 0 fully saturated rings. The highest BCUT2D eigenvalue weighted by Crippen LogP contribution is 2.16. The van der Waals surface area contributed by atoms with E-state index in [0.29, 0.717) is 12.2 Å². The van der Waals surface area contributed by atoms with Gasteiger partial charge in [0.2, 0.25) is 0 Å². The van der Waals surface area contributed by atoms with Gasteiger partial charge >= 0.3 is 0 Å². The lowest BCUT2D eigenvalue weighted by Gasteiger charge is -2.20. The van der Waals surface area contributed by atoms with E-state index in [9.17, 15) is 4.79 Å². The summed E-state index contributed by atoms with van der Waals surface area (Å²) in [7, 11) is 2.05. The van der Waals surface area contributed by atoms with Crippen LogP contribution in [0.4, 0.5) is 0 Å². The Balaban J connectivity index is 2.26. The number of carbonyl (C=O) groups excluding carboxylic acids is 1. The predicted octanol–water partition coefficient (Wildman–Crippen LogP) is 2.56. The smallest absolute Gasteiger partial charge is 0.139 e. The molecule has 100 valence electrons. The number of aromatic nitrogens is 1. The minimum atomic E-state index is -0.220. The maximum atomic E-state index is 11.8. The van der Waals surface area contributed by atoms with E-state index in [2.05, 4.69) is 16.9 Å². The molecule has 0 aliphatic heterocycles. The molecule has 3 nitrogen and oxygen atoms in total. The Labute approximate surface area is 110 Å². The Hall–Kier alpha value is -1.22. The van der Waals surface area contributed by atoms with Crippen LogP contribution in [0.3, 0.4) is 0 Å². The fraction of sp³-hybridized carbons (Fsp3) is 0.600. The molecule has 0 saturated heterocycles. The summed E-state index contributed by atoms with van der Waals surface area (Å²) >= 11 is 0. The molecule has 1 heterocycles. The fourth-order valence-electron chi connectivity index (χ4n) is 1.63. The van der Waals surface area contributed by atoms with Crippen molar-refractivity contribution < 1.29 is 4.79 Å². The molecular weight excluding hydrogens is 224 g/mol. The van der Waals surface area contributed by atoms with Gasteiger partial charge in [0.1, 0.15) is 5.78 Å². The Bertz CT molecular complexity index is 368.